The van der Waals surface area contributed by atoms with Gasteiger partial charge in [-0.2, -0.15) is 0 Å². The highest BCUT2D eigenvalue weighted by Crippen LogP contribution is 2.25. The van der Waals surface area contributed by atoms with E-state index in [0.717, 1.165) is 16.5 Å². The topological polar surface area (TPSA) is 60.3 Å². The molecule has 0 unspecified atom stereocenters. The number of hydrogen-bond donors (Lipinski definition) is 1. The Labute approximate surface area is 162 Å². The minimum Gasteiger partial charge on any atom is -0.465 e. The highest BCUT2D eigenvalue weighted by molar-refractivity contribution is 6.31. The van der Waals surface area contributed by atoms with Crippen LogP contribution in [0.25, 0.3) is 10.9 Å². The second kappa shape index (κ2) is 7.08. The third-order valence-electron chi connectivity index (χ3n) is 4.69. The number of amides is 1. The summed E-state index contributed by atoms with van der Waals surface area (Å²) in [5, 5.41) is 4.64. The molecule has 3 aromatic rings. The molecule has 1 aromatic heterocycles. The van der Waals surface area contributed by atoms with E-state index < -0.39 is 11.5 Å². The molecule has 0 fully saturated rings. The third-order valence-corrected chi connectivity index (χ3v) is 4.93. The van der Waals surface area contributed by atoms with Gasteiger partial charge in [0.25, 0.3) is 5.91 Å². The summed E-state index contributed by atoms with van der Waals surface area (Å²) in [6.07, 6.45) is 0. The van der Waals surface area contributed by atoms with Gasteiger partial charge in [-0.25, -0.2) is 4.79 Å². The van der Waals surface area contributed by atoms with E-state index in [1.165, 1.54) is 7.11 Å². The number of aromatic nitrogens is 1. The minimum atomic E-state index is -0.625. The summed E-state index contributed by atoms with van der Waals surface area (Å²) in [4.78, 5) is 24.5. The van der Waals surface area contributed by atoms with Gasteiger partial charge < -0.3 is 14.6 Å². The number of halogens is 1. The smallest absolute Gasteiger partial charge is 0.337 e. The predicted molar refractivity (Wildman–Crippen MR) is 106 cm³/mol. The second-order valence-electron chi connectivity index (χ2n) is 6.94. The third kappa shape index (κ3) is 3.69. The molecule has 1 amide bonds. The van der Waals surface area contributed by atoms with Crippen LogP contribution in [-0.2, 0) is 17.3 Å². The first kappa shape index (κ1) is 19.0. The van der Waals surface area contributed by atoms with Gasteiger partial charge in [0.05, 0.1) is 18.2 Å². The lowest BCUT2D eigenvalue weighted by Crippen LogP contribution is -2.41. The fourth-order valence-corrected chi connectivity index (χ4v) is 3.25. The minimum absolute atomic E-state index is 0.188. The van der Waals surface area contributed by atoms with Crippen LogP contribution in [0.15, 0.2) is 48.5 Å². The first-order valence-corrected chi connectivity index (χ1v) is 8.87. The number of nitrogens with one attached hydrogen (secondary N) is 1. The molecule has 3 rings (SSSR count). The maximum Gasteiger partial charge on any atom is 0.337 e. The van der Waals surface area contributed by atoms with Crippen LogP contribution in [-0.4, -0.2) is 23.6 Å². The Kier molecular flexibility index (Phi) is 4.98. The fourth-order valence-electron chi connectivity index (χ4n) is 3.08. The van der Waals surface area contributed by atoms with Crippen molar-refractivity contribution in [3.63, 3.8) is 0 Å². The van der Waals surface area contributed by atoms with Gasteiger partial charge in [-0.15, -0.1) is 0 Å². The van der Waals surface area contributed by atoms with E-state index in [1.54, 1.807) is 18.2 Å². The Hall–Kier alpha value is -2.79. The number of ether oxygens (including phenoxy) is 1. The summed E-state index contributed by atoms with van der Waals surface area (Å²) in [7, 11) is 3.18. The monoisotopic (exact) mass is 384 g/mol. The van der Waals surface area contributed by atoms with Crippen LogP contribution in [0.4, 0.5) is 0 Å². The average Bonchev–Trinajstić information content (AvgIpc) is 2.97. The number of esters is 1. The van der Waals surface area contributed by atoms with E-state index in [9.17, 15) is 9.59 Å². The average molecular weight is 385 g/mol. The zero-order chi connectivity index (χ0) is 19.8. The number of nitrogens with zero attached hydrogens (tertiary/aromatic N) is 1. The number of benzene rings is 2. The van der Waals surface area contributed by atoms with Gasteiger partial charge in [0, 0.05) is 23.0 Å². The van der Waals surface area contributed by atoms with Crippen molar-refractivity contribution in [2.75, 3.05) is 7.11 Å². The second-order valence-corrected chi connectivity index (χ2v) is 7.38. The zero-order valence-electron chi connectivity index (χ0n) is 15.7. The lowest BCUT2D eigenvalue weighted by atomic mass is 9.93. The number of hydrogen-bond acceptors (Lipinski definition) is 3. The van der Waals surface area contributed by atoms with Crippen molar-refractivity contribution >= 4 is 34.4 Å². The number of carbonyl (C=O) groups excluding carboxylic acids is 2. The van der Waals surface area contributed by atoms with Gasteiger partial charge in [-0.3, -0.25) is 4.79 Å². The molecule has 27 heavy (non-hydrogen) atoms. The lowest BCUT2D eigenvalue weighted by Gasteiger charge is -2.27. The van der Waals surface area contributed by atoms with Crippen LogP contribution >= 0.6 is 11.6 Å². The largest absolute Gasteiger partial charge is 0.465 e. The van der Waals surface area contributed by atoms with Crippen molar-refractivity contribution in [3.05, 3.63) is 70.4 Å². The molecule has 0 saturated heterocycles. The maximum atomic E-state index is 12.9. The Morgan fingerprint density at radius 1 is 1.07 bits per heavy atom. The van der Waals surface area contributed by atoms with E-state index in [2.05, 4.69) is 5.32 Å². The van der Waals surface area contributed by atoms with Gasteiger partial charge in [0.1, 0.15) is 5.69 Å². The number of aryl methyl sites for hydroxylation is 1. The van der Waals surface area contributed by atoms with Crippen LogP contribution in [0.3, 0.4) is 0 Å². The summed E-state index contributed by atoms with van der Waals surface area (Å²) in [5.41, 5.74) is 2.17. The standard InChI is InChI=1S/C21H21ClN2O3/c1-21(2,15-8-5-13(6-9-15)20(26)27-4)23-19(25)18-11-14-7-10-16(22)12-17(14)24(18)3/h5-12H,1-4H3,(H,23,25). The van der Waals surface area contributed by atoms with Crippen molar-refractivity contribution in [3.8, 4) is 0 Å². The van der Waals surface area contributed by atoms with Gasteiger partial charge in [-0.05, 0) is 49.7 Å². The molecular weight excluding hydrogens is 364 g/mol. The molecule has 0 aliphatic carbocycles. The fraction of sp³-hybridized carbons (Fsp3) is 0.238. The Morgan fingerprint density at radius 2 is 1.74 bits per heavy atom. The molecule has 0 saturated carbocycles. The van der Waals surface area contributed by atoms with Crippen LogP contribution in [0.2, 0.25) is 5.02 Å². The van der Waals surface area contributed by atoms with Gasteiger partial charge in [0.2, 0.25) is 0 Å². The van der Waals surface area contributed by atoms with Crippen molar-refractivity contribution in [2.45, 2.75) is 19.4 Å². The number of fused-ring (bicyclic) bond motifs is 1. The quantitative estimate of drug-likeness (QED) is 0.683. The van der Waals surface area contributed by atoms with E-state index in [4.69, 9.17) is 16.3 Å². The van der Waals surface area contributed by atoms with Crippen molar-refractivity contribution in [1.82, 2.24) is 9.88 Å². The van der Waals surface area contributed by atoms with Crippen LogP contribution in [0.1, 0.15) is 40.3 Å². The summed E-state index contributed by atoms with van der Waals surface area (Å²) in [5.74, 6) is -0.579. The van der Waals surface area contributed by atoms with Crippen molar-refractivity contribution in [2.24, 2.45) is 7.05 Å². The van der Waals surface area contributed by atoms with E-state index >= 15 is 0 Å². The molecule has 0 aliphatic heterocycles. The molecule has 0 radical (unpaired) electrons. The number of rotatable bonds is 4. The molecule has 0 aliphatic rings. The van der Waals surface area contributed by atoms with Crippen molar-refractivity contribution in [1.29, 1.82) is 0 Å². The predicted octanol–water partition coefficient (Wildman–Crippen LogP) is 4.28. The van der Waals surface area contributed by atoms with Gasteiger partial charge in [0.15, 0.2) is 0 Å². The molecule has 1 N–H and O–H groups in total. The molecule has 1 heterocycles. The summed E-state index contributed by atoms with van der Waals surface area (Å²) in [6.45, 7) is 3.83. The molecule has 5 nitrogen and oxygen atoms in total. The van der Waals surface area contributed by atoms with Gasteiger partial charge in [-0.1, -0.05) is 29.8 Å². The highest BCUT2D eigenvalue weighted by Gasteiger charge is 2.25. The molecule has 0 atom stereocenters. The Morgan fingerprint density at radius 3 is 2.37 bits per heavy atom. The summed E-state index contributed by atoms with van der Waals surface area (Å²) >= 11 is 6.06. The molecule has 140 valence electrons. The maximum absolute atomic E-state index is 12.9. The van der Waals surface area contributed by atoms with Gasteiger partial charge >= 0.3 is 5.97 Å². The zero-order valence-corrected chi connectivity index (χ0v) is 16.4. The molecule has 0 spiro atoms. The van der Waals surface area contributed by atoms with E-state index in [1.807, 2.05) is 55.8 Å². The highest BCUT2D eigenvalue weighted by atomic mass is 35.5. The van der Waals surface area contributed by atoms with E-state index in [0.29, 0.717) is 16.3 Å². The number of carbonyl (C=O) groups is 2. The molecule has 6 heteroatoms. The lowest BCUT2D eigenvalue weighted by molar-refractivity contribution is 0.0600. The van der Waals surface area contributed by atoms with Crippen LogP contribution in [0.5, 0.6) is 0 Å². The summed E-state index contributed by atoms with van der Waals surface area (Å²) < 4.78 is 6.54. The molecule has 0 bridgehead atoms. The number of methoxy groups -OCH3 is 1. The Bertz CT molecular complexity index is 1020. The summed E-state index contributed by atoms with van der Waals surface area (Å²) in [6, 6.07) is 14.4. The SMILES string of the molecule is COC(=O)c1ccc(C(C)(C)NC(=O)c2cc3ccc(Cl)cc3n2C)cc1. The Balaban J connectivity index is 1.86. The van der Waals surface area contributed by atoms with Crippen molar-refractivity contribution < 1.29 is 14.3 Å². The van der Waals surface area contributed by atoms with Crippen LogP contribution in [0, 0.1) is 0 Å². The molecule has 2 aromatic carbocycles. The molecular formula is C21H21ClN2O3. The van der Waals surface area contributed by atoms with E-state index in [-0.39, 0.29) is 5.91 Å². The first-order valence-electron chi connectivity index (χ1n) is 8.49. The normalized spacial score (nSPS) is 11.4. The first-order chi connectivity index (χ1) is 12.7. The van der Waals surface area contributed by atoms with Crippen LogP contribution < -0.4 is 5.32 Å².